The van der Waals surface area contributed by atoms with Gasteiger partial charge in [-0.05, 0) is 62.7 Å². The van der Waals surface area contributed by atoms with Gasteiger partial charge in [0.1, 0.15) is 0 Å². The second-order valence-corrected chi connectivity index (χ2v) is 12.5. The summed E-state index contributed by atoms with van der Waals surface area (Å²) in [7, 11) is 0. The molecule has 7 aromatic carbocycles. The van der Waals surface area contributed by atoms with Crippen LogP contribution in [0.15, 0.2) is 170 Å². The predicted molar refractivity (Wildman–Crippen MR) is 213 cm³/mol. The van der Waals surface area contributed by atoms with Gasteiger partial charge in [0.15, 0.2) is 11.6 Å². The molecule has 0 saturated carbocycles. The molecule has 4 heteroatoms. The first kappa shape index (κ1) is 18.0. The van der Waals surface area contributed by atoms with Gasteiger partial charge >= 0.3 is 0 Å². The van der Waals surface area contributed by atoms with Crippen molar-refractivity contribution in [3.8, 4) is 62.1 Å². The lowest BCUT2D eigenvalue weighted by molar-refractivity contribution is 0.661. The fourth-order valence-corrected chi connectivity index (χ4v) is 6.94. The maximum Gasteiger partial charge on any atom is 0.238 e. The molecule has 10 rings (SSSR count). The van der Waals surface area contributed by atoms with Crippen molar-refractivity contribution in [2.75, 3.05) is 0 Å². The number of rotatable bonds is 5. The van der Waals surface area contributed by atoms with E-state index in [0.717, 1.165) is 26.8 Å². The monoisotopic (exact) mass is 682 g/mol. The van der Waals surface area contributed by atoms with Crippen LogP contribution in [0.3, 0.4) is 0 Å². The lowest BCUT2D eigenvalue weighted by Crippen LogP contribution is -2.14. The summed E-state index contributed by atoms with van der Waals surface area (Å²) in [4.78, 5) is 14.5. The minimum Gasteiger partial charge on any atom is -0.278 e. The van der Waals surface area contributed by atoms with Gasteiger partial charge in [-0.25, -0.2) is 4.98 Å². The molecule has 0 radical (unpaired) electrons. The van der Waals surface area contributed by atoms with Crippen LogP contribution in [-0.2, 0) is 5.41 Å². The number of hydrogen-bond acceptors (Lipinski definition) is 3. The lowest BCUT2D eigenvalue weighted by Gasteiger charge is -2.21. The smallest absolute Gasteiger partial charge is 0.238 e. The van der Waals surface area contributed by atoms with Crippen molar-refractivity contribution in [1.82, 2.24) is 19.5 Å². The largest absolute Gasteiger partial charge is 0.278 e. The third-order valence-electron chi connectivity index (χ3n) is 9.40. The van der Waals surface area contributed by atoms with Crippen molar-refractivity contribution < 1.29 is 21.9 Å². The van der Waals surface area contributed by atoms with Crippen molar-refractivity contribution >= 4 is 21.8 Å². The third-order valence-corrected chi connectivity index (χ3v) is 9.40. The molecule has 1 aliphatic rings. The molecule has 0 atom stereocenters. The lowest BCUT2D eigenvalue weighted by atomic mass is 9.82. The van der Waals surface area contributed by atoms with E-state index in [2.05, 4.69) is 6.07 Å². The Morgan fingerprint density at radius 3 is 1.85 bits per heavy atom. The van der Waals surface area contributed by atoms with Crippen LogP contribution in [0.1, 0.15) is 46.8 Å². The van der Waals surface area contributed by atoms with E-state index >= 15 is 0 Å². The first-order valence-electron chi connectivity index (χ1n) is 24.5. The minimum atomic E-state index is -3.64. The van der Waals surface area contributed by atoms with Gasteiger partial charge in [0, 0.05) is 35.5 Å². The topological polar surface area (TPSA) is 43.6 Å². The molecule has 0 saturated heterocycles. The highest BCUT2D eigenvalue weighted by Crippen LogP contribution is 2.53. The van der Waals surface area contributed by atoms with Crippen LogP contribution in [0.5, 0.6) is 0 Å². The van der Waals surface area contributed by atoms with E-state index < -0.39 is 102 Å². The standard InChI is InChI=1S/C48H34N4/c1-48(2)39-22-11-9-20-37(39)43-40(48)28-29-42-44(43)38-21-10-12-23-41(38)52(42)47-50-45(33-16-7-4-8-17-33)49-46(51-47)34-26-24-32(25-27-34)36-19-13-18-35(30-36)31-14-5-3-6-15-31/h3-30H,1-2H3/i1D3,2D3,9D,10D,11D,12D,20D,21D,22D,23D,28D,29D. The molecule has 246 valence electrons. The molecule has 9 aromatic rings. The Bertz CT molecular complexity index is 3570. The van der Waals surface area contributed by atoms with Gasteiger partial charge in [0.2, 0.25) is 5.95 Å². The zero-order valence-corrected chi connectivity index (χ0v) is 27.2. The van der Waals surface area contributed by atoms with Crippen molar-refractivity contribution in [3.05, 3.63) is 181 Å². The van der Waals surface area contributed by atoms with E-state index in [1.165, 1.54) is 0 Å². The number of hydrogen-bond donors (Lipinski definition) is 0. The van der Waals surface area contributed by atoms with E-state index in [9.17, 15) is 6.85 Å². The molecule has 2 heterocycles. The van der Waals surface area contributed by atoms with E-state index in [1.54, 1.807) is 42.5 Å². The second kappa shape index (κ2) is 11.7. The number of para-hydroxylation sites is 1. The van der Waals surface area contributed by atoms with Crippen molar-refractivity contribution in [1.29, 1.82) is 0 Å². The molecule has 0 spiro atoms. The molecule has 52 heavy (non-hydrogen) atoms. The minimum absolute atomic E-state index is 0.0938. The summed E-state index contributed by atoms with van der Waals surface area (Å²) in [6.45, 7) is -7.28. The van der Waals surface area contributed by atoms with E-state index in [0.29, 0.717) is 11.1 Å². The molecule has 0 unspecified atom stereocenters. The number of aromatic nitrogens is 4. The normalized spacial score (nSPS) is 17.8. The molecule has 2 aromatic heterocycles. The fourth-order valence-electron chi connectivity index (χ4n) is 6.94. The molecule has 4 nitrogen and oxygen atoms in total. The van der Waals surface area contributed by atoms with Gasteiger partial charge in [-0.3, -0.25) is 4.57 Å². The Morgan fingerprint density at radius 2 is 1.12 bits per heavy atom. The van der Waals surface area contributed by atoms with Gasteiger partial charge in [-0.2, -0.15) is 9.97 Å². The average Bonchev–Trinajstić information content (AvgIpc) is 3.87. The summed E-state index contributed by atoms with van der Waals surface area (Å²) in [5, 5.41) is -0.707. The van der Waals surface area contributed by atoms with Gasteiger partial charge in [-0.1, -0.05) is 165 Å². The molecular weight excluding hydrogens is 633 g/mol. The quantitative estimate of drug-likeness (QED) is 0.181. The first-order chi connectivity index (χ1) is 32.2. The maximum atomic E-state index is 9.69. The van der Waals surface area contributed by atoms with Crippen LogP contribution in [0.25, 0.3) is 83.9 Å². The Labute approximate surface area is 325 Å². The molecule has 0 bridgehead atoms. The zero-order valence-electron chi connectivity index (χ0n) is 43.2. The van der Waals surface area contributed by atoms with Crippen molar-refractivity contribution in [2.45, 2.75) is 19.1 Å². The number of benzene rings is 7. The first-order valence-corrected chi connectivity index (χ1v) is 16.5. The fraction of sp³-hybridized carbons (Fsp3) is 0.0625. The maximum absolute atomic E-state index is 9.69. The second-order valence-electron chi connectivity index (χ2n) is 12.5. The summed E-state index contributed by atoms with van der Waals surface area (Å²) in [5.74, 6) is -0.100. The molecule has 0 amide bonds. The van der Waals surface area contributed by atoms with Gasteiger partial charge < -0.3 is 0 Å². The van der Waals surface area contributed by atoms with E-state index in [-0.39, 0.29) is 39.4 Å². The van der Waals surface area contributed by atoms with Crippen LogP contribution >= 0.6 is 0 Å². The van der Waals surface area contributed by atoms with Crippen LogP contribution in [0, 0.1) is 0 Å². The summed E-state index contributed by atoms with van der Waals surface area (Å²) >= 11 is 0. The highest BCUT2D eigenvalue weighted by atomic mass is 15.2. The number of nitrogens with zero attached hydrogens (tertiary/aromatic N) is 4. The molecular formula is C48H34N4. The van der Waals surface area contributed by atoms with Gasteiger partial charge in [0.25, 0.3) is 0 Å². The average molecular weight is 683 g/mol. The molecule has 0 N–H and O–H groups in total. The predicted octanol–water partition coefficient (Wildman–Crippen LogP) is 11.9. The Morgan fingerprint density at radius 1 is 0.519 bits per heavy atom. The third kappa shape index (κ3) is 4.72. The Hall–Kier alpha value is -6.65. The molecule has 0 aliphatic heterocycles. The van der Waals surface area contributed by atoms with Crippen LogP contribution in [0.4, 0.5) is 0 Å². The van der Waals surface area contributed by atoms with Crippen molar-refractivity contribution in [2.24, 2.45) is 0 Å². The molecule has 1 aliphatic carbocycles. The van der Waals surface area contributed by atoms with Gasteiger partial charge in [0.05, 0.1) is 24.7 Å². The van der Waals surface area contributed by atoms with Crippen LogP contribution in [0.2, 0.25) is 0 Å². The van der Waals surface area contributed by atoms with E-state index in [4.69, 9.17) is 30.0 Å². The summed E-state index contributed by atoms with van der Waals surface area (Å²) in [6, 6.07) is 25.9. The summed E-state index contributed by atoms with van der Waals surface area (Å²) in [5.41, 5.74) is -1.86. The van der Waals surface area contributed by atoms with Crippen molar-refractivity contribution in [3.63, 3.8) is 0 Å². The molecule has 0 fully saturated rings. The summed E-state index contributed by atoms with van der Waals surface area (Å²) in [6.07, 6.45) is 0. The highest BCUT2D eigenvalue weighted by Gasteiger charge is 2.37. The highest BCUT2D eigenvalue weighted by molar-refractivity contribution is 6.17. The van der Waals surface area contributed by atoms with Gasteiger partial charge in [-0.15, -0.1) is 0 Å². The number of fused-ring (bicyclic) bond motifs is 7. The van der Waals surface area contributed by atoms with E-state index in [1.807, 2.05) is 60.7 Å². The SMILES string of the molecule is [2H]c1c([2H])c([2H])c2c(c1[2H])-c1c(c([2H])c([2H])c3c1c1c([2H])c([2H])c([2H])c([2H])c1n3-c1nc(-c3ccccc3)nc(-c3ccc(-c4cccc(-c5ccccc5)c4)cc3)n1)C2(C([2H])([2H])[2H])C([2H])([2H])[2H]. The zero-order chi connectivity index (χ0) is 48.5. The van der Waals surface area contributed by atoms with Crippen LogP contribution < -0.4 is 0 Å². The summed E-state index contributed by atoms with van der Waals surface area (Å²) < 4.78 is 145. The Kier molecular flexibility index (Phi) is 4.06. The Balaban J connectivity index is 1.32. The van der Waals surface area contributed by atoms with Crippen LogP contribution in [-0.4, -0.2) is 19.5 Å².